The molecule has 0 bridgehead atoms. The van der Waals surface area contributed by atoms with Crippen molar-refractivity contribution in [1.29, 1.82) is 0 Å². The number of carbonyl (C=O) groups is 1. The SMILES string of the molecule is O=C(O)CCc1nc(-c2ccco2)sc1Cl. The fourth-order valence-electron chi connectivity index (χ4n) is 1.22. The van der Waals surface area contributed by atoms with E-state index in [0.29, 0.717) is 27.2 Å². The summed E-state index contributed by atoms with van der Waals surface area (Å²) in [6.45, 7) is 0. The van der Waals surface area contributed by atoms with E-state index in [9.17, 15) is 4.79 Å². The molecule has 0 atom stereocenters. The number of aryl methyl sites for hydroxylation is 1. The minimum absolute atomic E-state index is 0.0288. The fraction of sp³-hybridized carbons (Fsp3) is 0.200. The Bertz CT molecular complexity index is 492. The molecule has 0 aliphatic heterocycles. The number of carboxylic acids is 1. The lowest BCUT2D eigenvalue weighted by molar-refractivity contribution is -0.136. The van der Waals surface area contributed by atoms with Crippen LogP contribution in [0.15, 0.2) is 22.8 Å². The molecule has 16 heavy (non-hydrogen) atoms. The van der Waals surface area contributed by atoms with E-state index in [1.54, 1.807) is 18.4 Å². The number of rotatable bonds is 4. The fourth-order valence-corrected chi connectivity index (χ4v) is 2.38. The van der Waals surface area contributed by atoms with Gasteiger partial charge in [0.1, 0.15) is 4.34 Å². The van der Waals surface area contributed by atoms with Gasteiger partial charge in [0.2, 0.25) is 0 Å². The number of hydrogen-bond donors (Lipinski definition) is 1. The van der Waals surface area contributed by atoms with Crippen LogP contribution in [0.5, 0.6) is 0 Å². The van der Waals surface area contributed by atoms with Crippen LogP contribution in [0.1, 0.15) is 12.1 Å². The zero-order valence-corrected chi connectivity index (χ0v) is 9.72. The maximum atomic E-state index is 10.4. The van der Waals surface area contributed by atoms with E-state index in [0.717, 1.165) is 0 Å². The van der Waals surface area contributed by atoms with Crippen LogP contribution < -0.4 is 0 Å². The molecule has 1 N–H and O–H groups in total. The molecule has 2 aromatic heterocycles. The highest BCUT2D eigenvalue weighted by Gasteiger charge is 2.13. The van der Waals surface area contributed by atoms with Crippen molar-refractivity contribution in [3.63, 3.8) is 0 Å². The van der Waals surface area contributed by atoms with Gasteiger partial charge in [-0.25, -0.2) is 4.98 Å². The third-order valence-corrected chi connectivity index (χ3v) is 3.31. The van der Waals surface area contributed by atoms with Gasteiger partial charge in [-0.15, -0.1) is 0 Å². The monoisotopic (exact) mass is 257 g/mol. The van der Waals surface area contributed by atoms with Crippen molar-refractivity contribution in [3.8, 4) is 10.8 Å². The van der Waals surface area contributed by atoms with Crippen LogP contribution >= 0.6 is 22.9 Å². The van der Waals surface area contributed by atoms with Gasteiger partial charge in [-0.05, 0) is 12.1 Å². The lowest BCUT2D eigenvalue weighted by atomic mass is 10.2. The van der Waals surface area contributed by atoms with Crippen molar-refractivity contribution >= 4 is 28.9 Å². The normalized spacial score (nSPS) is 10.6. The van der Waals surface area contributed by atoms with E-state index in [4.69, 9.17) is 21.1 Å². The largest absolute Gasteiger partial charge is 0.481 e. The first-order valence-electron chi connectivity index (χ1n) is 4.57. The molecule has 2 rings (SSSR count). The van der Waals surface area contributed by atoms with Crippen LogP contribution in [0, 0.1) is 0 Å². The summed E-state index contributed by atoms with van der Waals surface area (Å²) in [6.07, 6.45) is 1.92. The van der Waals surface area contributed by atoms with Crippen LogP contribution in [-0.2, 0) is 11.2 Å². The molecule has 0 fully saturated rings. The van der Waals surface area contributed by atoms with Crippen molar-refractivity contribution in [1.82, 2.24) is 4.98 Å². The van der Waals surface area contributed by atoms with E-state index in [1.165, 1.54) is 11.3 Å². The van der Waals surface area contributed by atoms with Gasteiger partial charge in [0.15, 0.2) is 10.8 Å². The maximum absolute atomic E-state index is 10.4. The number of halogens is 1. The molecule has 0 spiro atoms. The Kier molecular flexibility index (Phi) is 3.26. The lowest BCUT2D eigenvalue weighted by Crippen LogP contribution is -1.97. The van der Waals surface area contributed by atoms with Gasteiger partial charge in [-0.3, -0.25) is 4.79 Å². The molecule has 0 aliphatic carbocycles. The summed E-state index contributed by atoms with van der Waals surface area (Å²) in [7, 11) is 0. The highest BCUT2D eigenvalue weighted by molar-refractivity contribution is 7.19. The van der Waals surface area contributed by atoms with E-state index >= 15 is 0 Å². The summed E-state index contributed by atoms with van der Waals surface area (Å²) >= 11 is 7.26. The zero-order chi connectivity index (χ0) is 11.5. The maximum Gasteiger partial charge on any atom is 0.303 e. The Morgan fingerprint density at radius 1 is 1.62 bits per heavy atom. The summed E-state index contributed by atoms with van der Waals surface area (Å²) in [5.74, 6) is -0.211. The van der Waals surface area contributed by atoms with Crippen LogP contribution in [0.2, 0.25) is 4.34 Å². The molecule has 84 valence electrons. The Balaban J connectivity index is 2.19. The third-order valence-electron chi connectivity index (χ3n) is 1.96. The van der Waals surface area contributed by atoms with Gasteiger partial charge in [0, 0.05) is 6.42 Å². The Hall–Kier alpha value is -1.33. The van der Waals surface area contributed by atoms with E-state index in [1.807, 2.05) is 0 Å². The molecule has 4 nitrogen and oxygen atoms in total. The molecular formula is C10H8ClNO3S. The van der Waals surface area contributed by atoms with E-state index in [2.05, 4.69) is 4.98 Å². The number of nitrogens with zero attached hydrogens (tertiary/aromatic N) is 1. The van der Waals surface area contributed by atoms with Crippen LogP contribution in [0.3, 0.4) is 0 Å². The van der Waals surface area contributed by atoms with Crippen molar-refractivity contribution < 1.29 is 14.3 Å². The summed E-state index contributed by atoms with van der Waals surface area (Å²) in [5, 5.41) is 9.25. The van der Waals surface area contributed by atoms with Crippen molar-refractivity contribution in [2.45, 2.75) is 12.8 Å². The van der Waals surface area contributed by atoms with Crippen LogP contribution in [0.4, 0.5) is 0 Å². The van der Waals surface area contributed by atoms with E-state index in [-0.39, 0.29) is 6.42 Å². The summed E-state index contributed by atoms with van der Waals surface area (Å²) in [5.41, 5.74) is 0.612. The second kappa shape index (κ2) is 4.67. The Labute approximate surface area is 100 Å². The number of aliphatic carboxylic acids is 1. The number of hydrogen-bond acceptors (Lipinski definition) is 4. The highest BCUT2D eigenvalue weighted by Crippen LogP contribution is 2.32. The summed E-state index contributed by atoms with van der Waals surface area (Å²) in [6, 6.07) is 3.55. The Morgan fingerprint density at radius 2 is 2.44 bits per heavy atom. The molecule has 0 saturated carbocycles. The second-order valence-corrected chi connectivity index (χ2v) is 4.71. The number of aromatic nitrogens is 1. The predicted molar refractivity (Wildman–Crippen MR) is 60.8 cm³/mol. The van der Waals surface area contributed by atoms with Gasteiger partial charge >= 0.3 is 5.97 Å². The molecule has 6 heteroatoms. The van der Waals surface area contributed by atoms with Gasteiger partial charge in [-0.1, -0.05) is 22.9 Å². The molecule has 0 radical (unpaired) electrons. The molecule has 0 unspecified atom stereocenters. The number of carboxylic acid groups (broad SMARTS) is 1. The topological polar surface area (TPSA) is 63.3 Å². The van der Waals surface area contributed by atoms with Crippen molar-refractivity contribution in [3.05, 3.63) is 28.4 Å². The second-order valence-electron chi connectivity index (χ2n) is 3.11. The first-order valence-corrected chi connectivity index (χ1v) is 5.77. The number of furan rings is 1. The quantitative estimate of drug-likeness (QED) is 0.914. The average molecular weight is 258 g/mol. The molecular weight excluding hydrogens is 250 g/mol. The van der Waals surface area contributed by atoms with Crippen molar-refractivity contribution in [2.24, 2.45) is 0 Å². The predicted octanol–water partition coefficient (Wildman–Crippen LogP) is 3.07. The first-order chi connectivity index (χ1) is 7.66. The first kappa shape index (κ1) is 11.2. The third kappa shape index (κ3) is 2.43. The zero-order valence-electron chi connectivity index (χ0n) is 8.14. The molecule has 0 aliphatic rings. The molecule has 0 saturated heterocycles. The van der Waals surface area contributed by atoms with Gasteiger partial charge in [-0.2, -0.15) is 0 Å². The minimum Gasteiger partial charge on any atom is -0.481 e. The smallest absolute Gasteiger partial charge is 0.303 e. The minimum atomic E-state index is -0.858. The number of thiazole rings is 1. The summed E-state index contributed by atoms with van der Waals surface area (Å²) in [4.78, 5) is 14.7. The van der Waals surface area contributed by atoms with Gasteiger partial charge in [0.25, 0.3) is 0 Å². The van der Waals surface area contributed by atoms with E-state index < -0.39 is 5.97 Å². The van der Waals surface area contributed by atoms with Crippen molar-refractivity contribution in [2.75, 3.05) is 0 Å². The lowest BCUT2D eigenvalue weighted by Gasteiger charge is -1.92. The average Bonchev–Trinajstić information content (AvgIpc) is 2.83. The standard InChI is InChI=1S/C10H8ClNO3S/c11-9-6(3-4-8(13)14)12-10(16-9)7-2-1-5-15-7/h1-2,5H,3-4H2,(H,13,14). The van der Waals surface area contributed by atoms with Crippen LogP contribution in [0.25, 0.3) is 10.8 Å². The molecule has 0 amide bonds. The molecule has 2 aromatic rings. The Morgan fingerprint density at radius 3 is 3.06 bits per heavy atom. The molecule has 2 heterocycles. The summed E-state index contributed by atoms with van der Waals surface area (Å²) < 4.78 is 5.71. The highest BCUT2D eigenvalue weighted by atomic mass is 35.5. The van der Waals surface area contributed by atoms with Crippen LogP contribution in [-0.4, -0.2) is 16.1 Å². The van der Waals surface area contributed by atoms with Gasteiger partial charge in [0.05, 0.1) is 18.4 Å². The molecule has 0 aromatic carbocycles. The van der Waals surface area contributed by atoms with Gasteiger partial charge < -0.3 is 9.52 Å².